The Labute approximate surface area is 95.1 Å². The average molecular weight is 254 g/mol. The molecular weight excluding hydrogens is 244 g/mol. The van der Waals surface area contributed by atoms with Gasteiger partial charge < -0.3 is 4.90 Å². The zero-order chi connectivity index (χ0) is 10.8. The molecule has 84 valence electrons. The van der Waals surface area contributed by atoms with Gasteiger partial charge >= 0.3 is 0 Å². The topological polar surface area (TPSA) is 29.0 Å². The summed E-state index contributed by atoms with van der Waals surface area (Å²) >= 11 is 6.91. The molecule has 1 aromatic heterocycles. The van der Waals surface area contributed by atoms with Crippen LogP contribution < -0.4 is 4.90 Å². The molecule has 1 saturated heterocycles. The van der Waals surface area contributed by atoms with Crippen molar-refractivity contribution in [3.8, 4) is 0 Å². The van der Waals surface area contributed by atoms with Gasteiger partial charge in [-0.05, 0) is 12.8 Å². The highest BCUT2D eigenvalue weighted by Gasteiger charge is 2.22. The van der Waals surface area contributed by atoms with E-state index in [0.717, 1.165) is 37.3 Å². The van der Waals surface area contributed by atoms with E-state index in [1.54, 1.807) is 0 Å². The highest BCUT2D eigenvalue weighted by atomic mass is 35.5. The third-order valence-electron chi connectivity index (χ3n) is 2.31. The summed E-state index contributed by atoms with van der Waals surface area (Å²) in [6.45, 7) is 1.54. The average Bonchev–Trinajstić information content (AvgIpc) is 2.68. The lowest BCUT2D eigenvalue weighted by Gasteiger charge is -2.28. The predicted molar refractivity (Wildman–Crippen MR) is 56.0 cm³/mol. The zero-order valence-corrected chi connectivity index (χ0v) is 9.44. The van der Waals surface area contributed by atoms with Gasteiger partial charge in [0.15, 0.2) is 5.01 Å². The second-order valence-corrected chi connectivity index (χ2v) is 4.99. The van der Waals surface area contributed by atoms with Crippen LogP contribution in [0, 0.1) is 0 Å². The molecule has 0 N–H and O–H groups in total. The van der Waals surface area contributed by atoms with E-state index in [9.17, 15) is 8.78 Å². The maximum atomic E-state index is 12.3. The van der Waals surface area contributed by atoms with Crippen LogP contribution in [0.3, 0.4) is 0 Å². The van der Waals surface area contributed by atoms with Crippen molar-refractivity contribution in [2.24, 2.45) is 0 Å². The molecule has 0 radical (unpaired) electrons. The molecule has 3 nitrogen and oxygen atoms in total. The molecule has 2 heterocycles. The van der Waals surface area contributed by atoms with E-state index in [1.807, 2.05) is 4.90 Å². The Morgan fingerprint density at radius 2 is 2.00 bits per heavy atom. The summed E-state index contributed by atoms with van der Waals surface area (Å²) < 4.78 is 24.6. The first-order valence-corrected chi connectivity index (χ1v) is 5.92. The lowest BCUT2D eigenvalue weighted by atomic mass is 10.1. The summed E-state index contributed by atoms with van der Waals surface area (Å²) in [5, 5.41) is 7.78. The standard InChI is InChI=1S/C8H10ClF2N3S/c9-5-1-3-14(4-2-5)8-13-12-7(15-8)6(10)11/h5-6H,1-4H2. The highest BCUT2D eigenvalue weighted by Crippen LogP contribution is 2.29. The second kappa shape index (κ2) is 4.57. The van der Waals surface area contributed by atoms with Crippen LogP contribution in [-0.4, -0.2) is 28.7 Å². The molecular formula is C8H10ClF2N3S. The van der Waals surface area contributed by atoms with Crippen molar-refractivity contribution < 1.29 is 8.78 Å². The molecule has 0 unspecified atom stereocenters. The Bertz CT molecular complexity index is 325. The first kappa shape index (κ1) is 11.0. The van der Waals surface area contributed by atoms with Crippen molar-refractivity contribution >= 4 is 28.1 Å². The number of aromatic nitrogens is 2. The number of nitrogens with zero attached hydrogens (tertiary/aromatic N) is 3. The molecule has 1 aliphatic heterocycles. The van der Waals surface area contributed by atoms with Crippen LogP contribution in [0.5, 0.6) is 0 Å². The summed E-state index contributed by atoms with van der Waals surface area (Å²) in [5.74, 6) is 0. The fraction of sp³-hybridized carbons (Fsp3) is 0.750. The molecule has 7 heteroatoms. The molecule has 0 aliphatic carbocycles. The van der Waals surface area contributed by atoms with E-state index < -0.39 is 6.43 Å². The fourth-order valence-corrected chi connectivity index (χ4v) is 2.43. The smallest absolute Gasteiger partial charge is 0.291 e. The minimum Gasteiger partial charge on any atom is -0.347 e. The van der Waals surface area contributed by atoms with Gasteiger partial charge in [0.1, 0.15) is 0 Å². The minimum atomic E-state index is -2.53. The van der Waals surface area contributed by atoms with Gasteiger partial charge in [-0.2, -0.15) is 0 Å². The quantitative estimate of drug-likeness (QED) is 0.759. The number of alkyl halides is 3. The summed E-state index contributed by atoms with van der Waals surface area (Å²) in [4.78, 5) is 1.96. The molecule has 1 fully saturated rings. The fourth-order valence-electron chi connectivity index (χ4n) is 1.48. The highest BCUT2D eigenvalue weighted by molar-refractivity contribution is 7.15. The van der Waals surface area contributed by atoms with Gasteiger partial charge in [0.05, 0.1) is 0 Å². The lowest BCUT2D eigenvalue weighted by molar-refractivity contribution is 0.150. The number of rotatable bonds is 2. The molecule has 1 aromatic rings. The molecule has 0 aromatic carbocycles. The SMILES string of the molecule is FC(F)c1nnc(N2CCC(Cl)CC2)s1. The number of anilines is 1. The Hall–Kier alpha value is -0.490. The number of piperidine rings is 1. The van der Waals surface area contributed by atoms with E-state index in [2.05, 4.69) is 10.2 Å². The first-order chi connectivity index (χ1) is 7.16. The molecule has 0 atom stereocenters. The zero-order valence-electron chi connectivity index (χ0n) is 7.87. The van der Waals surface area contributed by atoms with Crippen LogP contribution in [0.4, 0.5) is 13.9 Å². The largest absolute Gasteiger partial charge is 0.347 e. The van der Waals surface area contributed by atoms with Gasteiger partial charge in [0.25, 0.3) is 6.43 Å². The van der Waals surface area contributed by atoms with Crippen LogP contribution in [0.25, 0.3) is 0 Å². The van der Waals surface area contributed by atoms with Gasteiger partial charge in [-0.1, -0.05) is 11.3 Å². The number of hydrogen-bond acceptors (Lipinski definition) is 4. The van der Waals surface area contributed by atoms with Crippen molar-refractivity contribution in [1.29, 1.82) is 0 Å². The monoisotopic (exact) mass is 253 g/mol. The Balaban J connectivity index is 2.03. The van der Waals surface area contributed by atoms with E-state index in [4.69, 9.17) is 11.6 Å². The lowest BCUT2D eigenvalue weighted by Crippen LogP contribution is -2.33. The van der Waals surface area contributed by atoms with Gasteiger partial charge in [0.2, 0.25) is 5.13 Å². The van der Waals surface area contributed by atoms with Gasteiger partial charge in [-0.25, -0.2) is 8.78 Å². The maximum Gasteiger partial charge on any atom is 0.291 e. The van der Waals surface area contributed by atoms with Gasteiger partial charge in [-0.3, -0.25) is 0 Å². The van der Waals surface area contributed by atoms with Crippen LogP contribution in [0.2, 0.25) is 0 Å². The summed E-state index contributed by atoms with van der Waals surface area (Å²) in [5.41, 5.74) is 0. The van der Waals surface area contributed by atoms with Crippen molar-refractivity contribution in [2.75, 3.05) is 18.0 Å². The Kier molecular flexibility index (Phi) is 3.35. The maximum absolute atomic E-state index is 12.3. The predicted octanol–water partition coefficient (Wildman–Crippen LogP) is 2.68. The van der Waals surface area contributed by atoms with Crippen molar-refractivity contribution in [2.45, 2.75) is 24.6 Å². The Morgan fingerprint density at radius 1 is 1.33 bits per heavy atom. The number of halogens is 3. The Morgan fingerprint density at radius 3 is 2.53 bits per heavy atom. The second-order valence-electron chi connectivity index (χ2n) is 3.39. The van der Waals surface area contributed by atoms with Crippen molar-refractivity contribution in [1.82, 2.24) is 10.2 Å². The normalized spacial score (nSPS) is 18.8. The first-order valence-electron chi connectivity index (χ1n) is 4.67. The van der Waals surface area contributed by atoms with Gasteiger partial charge in [-0.15, -0.1) is 21.8 Å². The molecule has 0 amide bonds. The third-order valence-corrected chi connectivity index (χ3v) is 3.74. The van der Waals surface area contributed by atoms with Crippen molar-refractivity contribution in [3.05, 3.63) is 5.01 Å². The molecule has 2 rings (SSSR count). The van der Waals surface area contributed by atoms with E-state index in [1.165, 1.54) is 0 Å². The van der Waals surface area contributed by atoms with Crippen LogP contribution in [0.15, 0.2) is 0 Å². The molecule has 0 spiro atoms. The molecule has 15 heavy (non-hydrogen) atoms. The van der Waals surface area contributed by atoms with Gasteiger partial charge in [0, 0.05) is 18.5 Å². The van der Waals surface area contributed by atoms with Crippen LogP contribution in [0.1, 0.15) is 24.3 Å². The van der Waals surface area contributed by atoms with Crippen molar-refractivity contribution in [3.63, 3.8) is 0 Å². The minimum absolute atomic E-state index is 0.198. The summed E-state index contributed by atoms with van der Waals surface area (Å²) in [6.07, 6.45) is -0.794. The van der Waals surface area contributed by atoms with E-state index >= 15 is 0 Å². The van der Waals surface area contributed by atoms with Crippen LogP contribution >= 0.6 is 22.9 Å². The molecule has 0 bridgehead atoms. The number of hydrogen-bond donors (Lipinski definition) is 0. The van der Waals surface area contributed by atoms with Crippen LogP contribution in [-0.2, 0) is 0 Å². The summed E-state index contributed by atoms with van der Waals surface area (Å²) in [6, 6.07) is 0. The van der Waals surface area contributed by atoms with E-state index in [-0.39, 0.29) is 10.4 Å². The third kappa shape index (κ3) is 2.55. The molecule has 0 saturated carbocycles. The molecule has 1 aliphatic rings. The van der Waals surface area contributed by atoms with E-state index in [0.29, 0.717) is 5.13 Å². The summed E-state index contributed by atoms with van der Waals surface area (Å²) in [7, 11) is 0.